The summed E-state index contributed by atoms with van der Waals surface area (Å²) in [5, 5.41) is 8.92. The van der Waals surface area contributed by atoms with E-state index >= 15 is 0 Å². The van der Waals surface area contributed by atoms with Crippen molar-refractivity contribution in [2.45, 2.75) is 12.8 Å². The first kappa shape index (κ1) is 12.9. The van der Waals surface area contributed by atoms with Crippen LogP contribution in [0.4, 0.5) is 5.69 Å². The number of benzene rings is 1. The SMILES string of the molecule is O=C1Cc2ccc(C(=O)NCC3=CCNCC3)cc2N1. The van der Waals surface area contributed by atoms with Gasteiger partial charge < -0.3 is 16.0 Å². The van der Waals surface area contributed by atoms with Crippen molar-refractivity contribution in [3.8, 4) is 0 Å². The van der Waals surface area contributed by atoms with E-state index in [1.165, 1.54) is 5.57 Å². The fourth-order valence-electron chi connectivity index (χ4n) is 2.48. The average molecular weight is 271 g/mol. The average Bonchev–Trinajstić information content (AvgIpc) is 2.85. The summed E-state index contributed by atoms with van der Waals surface area (Å²) in [7, 11) is 0. The first-order chi connectivity index (χ1) is 9.72. The molecule has 5 nitrogen and oxygen atoms in total. The van der Waals surface area contributed by atoms with Crippen LogP contribution in [0.2, 0.25) is 0 Å². The topological polar surface area (TPSA) is 70.2 Å². The van der Waals surface area contributed by atoms with Gasteiger partial charge in [-0.1, -0.05) is 17.7 Å². The van der Waals surface area contributed by atoms with Crippen molar-refractivity contribution >= 4 is 17.5 Å². The van der Waals surface area contributed by atoms with Crippen LogP contribution in [0.15, 0.2) is 29.8 Å². The molecule has 104 valence electrons. The number of nitrogens with one attached hydrogen (secondary N) is 3. The monoisotopic (exact) mass is 271 g/mol. The Morgan fingerprint density at radius 3 is 3.05 bits per heavy atom. The van der Waals surface area contributed by atoms with Crippen LogP contribution >= 0.6 is 0 Å². The smallest absolute Gasteiger partial charge is 0.251 e. The maximum Gasteiger partial charge on any atom is 0.251 e. The number of rotatable bonds is 3. The Hall–Kier alpha value is -2.14. The number of carbonyl (C=O) groups excluding carboxylic acids is 2. The second-order valence-electron chi connectivity index (χ2n) is 5.10. The molecule has 5 heteroatoms. The highest BCUT2D eigenvalue weighted by Gasteiger charge is 2.19. The molecule has 3 rings (SSSR count). The molecule has 2 aliphatic rings. The Balaban J connectivity index is 1.64. The van der Waals surface area contributed by atoms with Crippen molar-refractivity contribution in [2.75, 3.05) is 25.0 Å². The number of fused-ring (bicyclic) bond motifs is 1. The molecule has 2 amide bonds. The van der Waals surface area contributed by atoms with Crippen LogP contribution in [-0.4, -0.2) is 31.4 Å². The summed E-state index contributed by atoms with van der Waals surface area (Å²) < 4.78 is 0. The number of hydrogen-bond donors (Lipinski definition) is 3. The predicted octanol–water partition coefficient (Wildman–Crippen LogP) is 0.831. The number of amides is 2. The Kier molecular flexibility index (Phi) is 3.52. The third kappa shape index (κ3) is 2.72. The molecular formula is C15H17N3O2. The van der Waals surface area contributed by atoms with E-state index in [2.05, 4.69) is 22.0 Å². The minimum Gasteiger partial charge on any atom is -0.348 e. The number of anilines is 1. The standard InChI is InChI=1S/C15H17N3O2/c19-14-8-11-1-2-12(7-13(11)18-14)15(20)17-9-10-3-5-16-6-4-10/h1-3,7,16H,4-6,8-9H2,(H,17,20)(H,18,19). The van der Waals surface area contributed by atoms with Gasteiger partial charge in [-0.25, -0.2) is 0 Å². The molecule has 0 aromatic heterocycles. The van der Waals surface area contributed by atoms with Crippen molar-refractivity contribution in [3.05, 3.63) is 41.0 Å². The van der Waals surface area contributed by atoms with E-state index in [0.29, 0.717) is 18.5 Å². The van der Waals surface area contributed by atoms with E-state index in [0.717, 1.165) is 30.8 Å². The molecular weight excluding hydrogens is 254 g/mol. The highest BCUT2D eigenvalue weighted by atomic mass is 16.2. The van der Waals surface area contributed by atoms with Crippen LogP contribution < -0.4 is 16.0 Å². The Morgan fingerprint density at radius 1 is 1.35 bits per heavy atom. The van der Waals surface area contributed by atoms with Gasteiger partial charge in [-0.2, -0.15) is 0 Å². The largest absolute Gasteiger partial charge is 0.348 e. The maximum absolute atomic E-state index is 12.1. The van der Waals surface area contributed by atoms with Gasteiger partial charge >= 0.3 is 0 Å². The summed E-state index contributed by atoms with van der Waals surface area (Å²) in [5.41, 5.74) is 3.54. The van der Waals surface area contributed by atoms with Gasteiger partial charge in [-0.15, -0.1) is 0 Å². The van der Waals surface area contributed by atoms with Gasteiger partial charge in [0.2, 0.25) is 5.91 Å². The lowest BCUT2D eigenvalue weighted by molar-refractivity contribution is -0.115. The molecule has 1 aromatic rings. The predicted molar refractivity (Wildman–Crippen MR) is 76.7 cm³/mol. The highest BCUT2D eigenvalue weighted by molar-refractivity contribution is 6.02. The summed E-state index contributed by atoms with van der Waals surface area (Å²) in [6.45, 7) is 2.42. The second-order valence-corrected chi connectivity index (χ2v) is 5.10. The zero-order chi connectivity index (χ0) is 13.9. The molecule has 2 aliphatic heterocycles. The lowest BCUT2D eigenvalue weighted by Crippen LogP contribution is -2.29. The van der Waals surface area contributed by atoms with Gasteiger partial charge in [0.1, 0.15) is 0 Å². The second kappa shape index (κ2) is 5.46. The minimum atomic E-state index is -0.103. The van der Waals surface area contributed by atoms with E-state index in [1.54, 1.807) is 12.1 Å². The minimum absolute atomic E-state index is 0.0163. The number of hydrogen-bond acceptors (Lipinski definition) is 3. The first-order valence-electron chi connectivity index (χ1n) is 6.82. The van der Waals surface area contributed by atoms with Crippen molar-refractivity contribution in [1.29, 1.82) is 0 Å². The van der Waals surface area contributed by atoms with Gasteiger partial charge in [-0.05, 0) is 30.7 Å². The molecule has 0 unspecified atom stereocenters. The number of carbonyl (C=O) groups is 2. The molecule has 20 heavy (non-hydrogen) atoms. The van der Waals surface area contributed by atoms with Crippen LogP contribution in [0.1, 0.15) is 22.3 Å². The summed E-state index contributed by atoms with van der Waals surface area (Å²) >= 11 is 0. The summed E-state index contributed by atoms with van der Waals surface area (Å²) in [6.07, 6.45) is 3.49. The van der Waals surface area contributed by atoms with Crippen molar-refractivity contribution < 1.29 is 9.59 Å². The quantitative estimate of drug-likeness (QED) is 0.713. The van der Waals surface area contributed by atoms with Gasteiger partial charge in [-0.3, -0.25) is 9.59 Å². The van der Waals surface area contributed by atoms with Crippen LogP contribution in [0.5, 0.6) is 0 Å². The summed E-state index contributed by atoms with van der Waals surface area (Å²) in [4.78, 5) is 23.4. The summed E-state index contributed by atoms with van der Waals surface area (Å²) in [5.74, 6) is -0.120. The maximum atomic E-state index is 12.1. The molecule has 3 N–H and O–H groups in total. The van der Waals surface area contributed by atoms with Gasteiger partial charge in [0, 0.05) is 24.3 Å². The van der Waals surface area contributed by atoms with Gasteiger partial charge in [0.25, 0.3) is 5.91 Å². The molecule has 0 aliphatic carbocycles. The fraction of sp³-hybridized carbons (Fsp3) is 0.333. The Morgan fingerprint density at radius 2 is 2.25 bits per heavy atom. The van der Waals surface area contributed by atoms with E-state index in [1.807, 2.05) is 6.07 Å². The van der Waals surface area contributed by atoms with Crippen LogP contribution in [-0.2, 0) is 11.2 Å². The normalized spacial score (nSPS) is 17.2. The van der Waals surface area contributed by atoms with E-state index in [9.17, 15) is 9.59 Å². The lowest BCUT2D eigenvalue weighted by Gasteiger charge is -2.14. The molecule has 0 radical (unpaired) electrons. The molecule has 0 atom stereocenters. The summed E-state index contributed by atoms with van der Waals surface area (Å²) in [6, 6.07) is 5.35. The lowest BCUT2D eigenvalue weighted by atomic mass is 10.1. The zero-order valence-electron chi connectivity index (χ0n) is 11.2. The molecule has 0 saturated heterocycles. The highest BCUT2D eigenvalue weighted by Crippen LogP contribution is 2.23. The third-order valence-electron chi connectivity index (χ3n) is 3.63. The van der Waals surface area contributed by atoms with Gasteiger partial charge in [0.05, 0.1) is 6.42 Å². The molecule has 2 heterocycles. The molecule has 0 bridgehead atoms. The third-order valence-corrected chi connectivity index (χ3v) is 3.63. The van der Waals surface area contributed by atoms with E-state index in [-0.39, 0.29) is 11.8 Å². The van der Waals surface area contributed by atoms with E-state index < -0.39 is 0 Å². The van der Waals surface area contributed by atoms with Crippen LogP contribution in [0.3, 0.4) is 0 Å². The molecule has 0 saturated carbocycles. The van der Waals surface area contributed by atoms with Crippen LogP contribution in [0, 0.1) is 0 Å². The Labute approximate surface area is 117 Å². The molecule has 0 spiro atoms. The zero-order valence-corrected chi connectivity index (χ0v) is 11.2. The fourth-order valence-corrected chi connectivity index (χ4v) is 2.48. The van der Waals surface area contributed by atoms with Crippen LogP contribution in [0.25, 0.3) is 0 Å². The van der Waals surface area contributed by atoms with Crippen molar-refractivity contribution in [2.24, 2.45) is 0 Å². The van der Waals surface area contributed by atoms with Gasteiger partial charge in [0.15, 0.2) is 0 Å². The molecule has 0 fully saturated rings. The van der Waals surface area contributed by atoms with Crippen molar-refractivity contribution in [3.63, 3.8) is 0 Å². The Bertz CT molecular complexity index is 593. The first-order valence-corrected chi connectivity index (χ1v) is 6.82. The van der Waals surface area contributed by atoms with Crippen molar-refractivity contribution in [1.82, 2.24) is 10.6 Å². The van der Waals surface area contributed by atoms with E-state index in [4.69, 9.17) is 0 Å². The molecule has 1 aromatic carbocycles.